The molecule has 3 nitrogen and oxygen atoms in total. The van der Waals surface area contributed by atoms with E-state index in [4.69, 9.17) is 4.74 Å². The minimum atomic E-state index is -0.234. The lowest BCUT2D eigenvalue weighted by Crippen LogP contribution is -2.55. The summed E-state index contributed by atoms with van der Waals surface area (Å²) < 4.78 is 18.6. The van der Waals surface area contributed by atoms with Crippen molar-refractivity contribution in [3.8, 4) is 5.75 Å². The molecule has 80 valence electrons. The van der Waals surface area contributed by atoms with Crippen LogP contribution < -0.4 is 15.0 Å². The molecule has 0 bridgehead atoms. The van der Waals surface area contributed by atoms with Crippen molar-refractivity contribution < 1.29 is 9.13 Å². The molecule has 1 saturated heterocycles. The Labute approximate surface area is 87.8 Å². The van der Waals surface area contributed by atoms with Gasteiger partial charge in [0.15, 0.2) is 0 Å². The van der Waals surface area contributed by atoms with Crippen LogP contribution in [0.2, 0.25) is 0 Å². The number of rotatable bonds is 0. The maximum atomic E-state index is 13.0. The largest absolute Gasteiger partial charge is 0.489 e. The lowest BCUT2D eigenvalue weighted by molar-refractivity contribution is 0.246. The molecule has 2 aliphatic heterocycles. The van der Waals surface area contributed by atoms with Crippen molar-refractivity contribution in [2.45, 2.75) is 6.04 Å². The minimum absolute atomic E-state index is 0.234. The summed E-state index contributed by atoms with van der Waals surface area (Å²) in [5, 5.41) is 3.33. The summed E-state index contributed by atoms with van der Waals surface area (Å²) >= 11 is 0. The number of nitrogens with one attached hydrogen (secondary N) is 1. The predicted octanol–water partition coefficient (Wildman–Crippen LogP) is 0.996. The second kappa shape index (κ2) is 3.38. The molecule has 1 N–H and O–H groups in total. The van der Waals surface area contributed by atoms with Gasteiger partial charge in [-0.25, -0.2) is 4.39 Å². The van der Waals surface area contributed by atoms with Gasteiger partial charge in [-0.3, -0.25) is 0 Å². The number of ether oxygens (including phenoxy) is 1. The fourth-order valence-corrected chi connectivity index (χ4v) is 2.25. The maximum Gasteiger partial charge on any atom is 0.145 e. The lowest BCUT2D eigenvalue weighted by atomic mass is 10.1. The summed E-state index contributed by atoms with van der Waals surface area (Å²) in [5.41, 5.74) is 1.02. The summed E-state index contributed by atoms with van der Waals surface area (Å²) in [6.07, 6.45) is 0. The Balaban J connectivity index is 1.99. The van der Waals surface area contributed by atoms with E-state index in [1.165, 1.54) is 12.1 Å². The van der Waals surface area contributed by atoms with Crippen molar-refractivity contribution in [1.29, 1.82) is 0 Å². The molecule has 0 amide bonds. The summed E-state index contributed by atoms with van der Waals surface area (Å²) in [6, 6.07) is 5.15. The molecule has 15 heavy (non-hydrogen) atoms. The zero-order valence-electron chi connectivity index (χ0n) is 8.37. The van der Waals surface area contributed by atoms with Gasteiger partial charge < -0.3 is 15.0 Å². The molecule has 1 aromatic rings. The molecule has 0 saturated carbocycles. The quantitative estimate of drug-likeness (QED) is 0.688. The van der Waals surface area contributed by atoms with Crippen LogP contribution >= 0.6 is 0 Å². The van der Waals surface area contributed by atoms with Crippen molar-refractivity contribution in [2.24, 2.45) is 0 Å². The van der Waals surface area contributed by atoms with Gasteiger partial charge in [0, 0.05) is 25.7 Å². The third-order valence-electron chi connectivity index (χ3n) is 3.01. The van der Waals surface area contributed by atoms with Gasteiger partial charge in [-0.05, 0) is 12.1 Å². The molecule has 0 radical (unpaired) electrons. The van der Waals surface area contributed by atoms with E-state index in [2.05, 4.69) is 10.2 Å². The number of halogens is 1. The first-order valence-electron chi connectivity index (χ1n) is 5.24. The molecule has 1 unspecified atom stereocenters. The molecular formula is C11H13FN2O. The second-order valence-electron chi connectivity index (χ2n) is 3.97. The number of piperazine rings is 1. The van der Waals surface area contributed by atoms with Crippen molar-refractivity contribution in [3.63, 3.8) is 0 Å². The van der Waals surface area contributed by atoms with Gasteiger partial charge in [-0.15, -0.1) is 0 Å². The Morgan fingerprint density at radius 2 is 2.40 bits per heavy atom. The Hall–Kier alpha value is -1.29. The molecule has 1 atom stereocenters. The Morgan fingerprint density at radius 3 is 3.33 bits per heavy atom. The van der Waals surface area contributed by atoms with Crippen LogP contribution in [0.1, 0.15) is 0 Å². The fourth-order valence-electron chi connectivity index (χ4n) is 2.25. The normalized spacial score (nSPS) is 24.1. The highest BCUT2D eigenvalue weighted by atomic mass is 19.1. The molecule has 3 rings (SSSR count). The smallest absolute Gasteiger partial charge is 0.145 e. The highest BCUT2D eigenvalue weighted by Gasteiger charge is 2.29. The topological polar surface area (TPSA) is 24.5 Å². The van der Waals surface area contributed by atoms with Gasteiger partial charge in [0.05, 0.1) is 11.7 Å². The summed E-state index contributed by atoms with van der Waals surface area (Å²) in [6.45, 7) is 3.53. The molecule has 1 aromatic carbocycles. The van der Waals surface area contributed by atoms with Crippen molar-refractivity contribution >= 4 is 5.69 Å². The standard InChI is InChI=1S/C11H13FN2O/c12-8-1-2-10-11(5-8)15-7-9-6-13-3-4-14(9)10/h1-2,5,9,13H,3-4,6-7H2. The first-order valence-corrected chi connectivity index (χ1v) is 5.24. The van der Waals surface area contributed by atoms with Crippen LogP contribution in [-0.2, 0) is 0 Å². The molecule has 0 aromatic heterocycles. The summed E-state index contributed by atoms with van der Waals surface area (Å²) in [7, 11) is 0. The molecule has 2 aliphatic rings. The van der Waals surface area contributed by atoms with Gasteiger partial charge in [0.25, 0.3) is 0 Å². The molecule has 0 aliphatic carbocycles. The average molecular weight is 208 g/mol. The van der Waals surface area contributed by atoms with E-state index in [1.54, 1.807) is 0 Å². The number of hydrogen-bond donors (Lipinski definition) is 1. The van der Waals surface area contributed by atoms with Gasteiger partial charge in [0.2, 0.25) is 0 Å². The van der Waals surface area contributed by atoms with Gasteiger partial charge in [-0.1, -0.05) is 0 Å². The fraction of sp³-hybridized carbons (Fsp3) is 0.455. The number of anilines is 1. The van der Waals surface area contributed by atoms with E-state index >= 15 is 0 Å². The van der Waals surface area contributed by atoms with E-state index in [1.807, 2.05) is 6.07 Å². The monoisotopic (exact) mass is 208 g/mol. The molecule has 2 heterocycles. The van der Waals surface area contributed by atoms with Crippen LogP contribution in [-0.4, -0.2) is 32.3 Å². The first kappa shape index (κ1) is 8.97. The number of benzene rings is 1. The zero-order chi connectivity index (χ0) is 10.3. The van der Waals surface area contributed by atoms with Crippen LogP contribution in [0.5, 0.6) is 5.75 Å². The van der Waals surface area contributed by atoms with Crippen molar-refractivity contribution in [2.75, 3.05) is 31.1 Å². The summed E-state index contributed by atoms with van der Waals surface area (Å²) in [5.74, 6) is 0.440. The minimum Gasteiger partial charge on any atom is -0.489 e. The van der Waals surface area contributed by atoms with Crippen LogP contribution in [0.15, 0.2) is 18.2 Å². The first-order chi connectivity index (χ1) is 7.34. The Kier molecular flexibility index (Phi) is 2.02. The average Bonchev–Trinajstić information content (AvgIpc) is 2.28. The number of hydrogen-bond acceptors (Lipinski definition) is 3. The van der Waals surface area contributed by atoms with Crippen LogP contribution in [0.25, 0.3) is 0 Å². The third-order valence-corrected chi connectivity index (χ3v) is 3.01. The highest BCUT2D eigenvalue weighted by Crippen LogP contribution is 2.34. The number of nitrogens with zero attached hydrogens (tertiary/aromatic N) is 1. The van der Waals surface area contributed by atoms with Gasteiger partial charge >= 0.3 is 0 Å². The third kappa shape index (κ3) is 1.45. The van der Waals surface area contributed by atoms with E-state index in [-0.39, 0.29) is 5.82 Å². The van der Waals surface area contributed by atoms with Crippen LogP contribution in [0.3, 0.4) is 0 Å². The molecule has 4 heteroatoms. The Morgan fingerprint density at radius 1 is 1.47 bits per heavy atom. The van der Waals surface area contributed by atoms with E-state index in [0.717, 1.165) is 25.3 Å². The van der Waals surface area contributed by atoms with E-state index < -0.39 is 0 Å². The van der Waals surface area contributed by atoms with Crippen LogP contribution in [0.4, 0.5) is 10.1 Å². The van der Waals surface area contributed by atoms with Gasteiger partial charge in [0.1, 0.15) is 18.2 Å². The van der Waals surface area contributed by atoms with Crippen molar-refractivity contribution in [1.82, 2.24) is 5.32 Å². The van der Waals surface area contributed by atoms with Crippen molar-refractivity contribution in [3.05, 3.63) is 24.0 Å². The Bertz CT molecular complexity index is 383. The molecular weight excluding hydrogens is 195 g/mol. The highest BCUT2D eigenvalue weighted by molar-refractivity contribution is 5.61. The summed E-state index contributed by atoms with van der Waals surface area (Å²) in [4.78, 5) is 2.30. The van der Waals surface area contributed by atoms with Gasteiger partial charge in [-0.2, -0.15) is 0 Å². The predicted molar refractivity (Wildman–Crippen MR) is 55.9 cm³/mol. The van der Waals surface area contributed by atoms with E-state index in [0.29, 0.717) is 18.4 Å². The molecule has 0 spiro atoms. The van der Waals surface area contributed by atoms with Crippen LogP contribution in [0, 0.1) is 5.82 Å². The lowest BCUT2D eigenvalue weighted by Gasteiger charge is -2.41. The zero-order valence-corrected chi connectivity index (χ0v) is 8.37. The maximum absolute atomic E-state index is 13.0. The molecule has 1 fully saturated rings. The van der Waals surface area contributed by atoms with E-state index in [9.17, 15) is 4.39 Å². The second-order valence-corrected chi connectivity index (χ2v) is 3.97. The SMILES string of the molecule is Fc1ccc2c(c1)OCC1CNCCN21. The number of fused-ring (bicyclic) bond motifs is 3.